The summed E-state index contributed by atoms with van der Waals surface area (Å²) in [7, 11) is 3.59. The summed E-state index contributed by atoms with van der Waals surface area (Å²) in [6.07, 6.45) is 7.68. The third-order valence-corrected chi connectivity index (χ3v) is 6.85. The van der Waals surface area contributed by atoms with E-state index in [9.17, 15) is 4.79 Å². The number of guanidine groups is 1. The van der Waals surface area contributed by atoms with Gasteiger partial charge >= 0.3 is 0 Å². The summed E-state index contributed by atoms with van der Waals surface area (Å²) in [5, 5.41) is 10.4. The summed E-state index contributed by atoms with van der Waals surface area (Å²) in [5.41, 5.74) is 1.45. The standard InChI is InChI=1S/C24H39N5O.HI/c1-19(21-9-5-4-6-10-21)28-24(13-7-8-14-24)18-27-23(26-3)29-15-11-20(12-16-29)17-22(30)25-2;/h4-6,9-10,19-20,28H,7-8,11-18H2,1-3H3,(H,25,30)(H,26,27);1H. The number of aliphatic imine (C=N–C) groups is 1. The molecule has 1 atom stereocenters. The fourth-order valence-corrected chi connectivity index (χ4v) is 5.00. The number of rotatable bonds is 7. The van der Waals surface area contributed by atoms with Crippen molar-refractivity contribution in [2.24, 2.45) is 10.9 Å². The molecule has 3 rings (SSSR count). The maximum Gasteiger partial charge on any atom is 0.220 e. The van der Waals surface area contributed by atoms with Crippen LogP contribution in [0.2, 0.25) is 0 Å². The van der Waals surface area contributed by atoms with Crippen molar-refractivity contribution in [1.82, 2.24) is 20.9 Å². The molecule has 174 valence electrons. The van der Waals surface area contributed by atoms with E-state index in [1.54, 1.807) is 7.05 Å². The second kappa shape index (κ2) is 12.6. The Morgan fingerprint density at radius 1 is 1.19 bits per heavy atom. The van der Waals surface area contributed by atoms with Crippen molar-refractivity contribution in [2.45, 2.75) is 63.5 Å². The fraction of sp³-hybridized carbons (Fsp3) is 0.667. The number of carbonyl (C=O) groups is 1. The van der Waals surface area contributed by atoms with E-state index in [4.69, 9.17) is 0 Å². The SMILES string of the molecule is CN=C(NCC1(NC(C)c2ccccc2)CCCC1)N1CCC(CC(=O)NC)CC1.I. The molecule has 2 fully saturated rings. The summed E-state index contributed by atoms with van der Waals surface area (Å²) in [6, 6.07) is 11.0. The molecule has 31 heavy (non-hydrogen) atoms. The normalized spacial score (nSPS) is 20.1. The topological polar surface area (TPSA) is 68.8 Å². The second-order valence-electron chi connectivity index (χ2n) is 8.97. The molecule has 0 bridgehead atoms. The highest BCUT2D eigenvalue weighted by Crippen LogP contribution is 2.32. The highest BCUT2D eigenvalue weighted by Gasteiger charge is 2.35. The van der Waals surface area contributed by atoms with Crippen LogP contribution in [0.3, 0.4) is 0 Å². The van der Waals surface area contributed by atoms with Gasteiger partial charge in [-0.2, -0.15) is 0 Å². The lowest BCUT2D eigenvalue weighted by Crippen LogP contribution is -2.55. The van der Waals surface area contributed by atoms with Crippen molar-refractivity contribution in [3.63, 3.8) is 0 Å². The number of carbonyl (C=O) groups excluding carboxylic acids is 1. The molecule has 0 spiro atoms. The van der Waals surface area contributed by atoms with Crippen LogP contribution in [0.1, 0.15) is 63.5 Å². The Hall–Kier alpha value is -1.35. The van der Waals surface area contributed by atoms with Gasteiger partial charge in [0, 0.05) is 51.7 Å². The zero-order valence-corrected chi connectivity index (χ0v) is 21.7. The predicted molar refractivity (Wildman–Crippen MR) is 139 cm³/mol. The molecule has 1 aliphatic carbocycles. The van der Waals surface area contributed by atoms with Gasteiger partial charge in [0.2, 0.25) is 5.91 Å². The molecule has 1 saturated heterocycles. The number of nitrogens with one attached hydrogen (secondary N) is 3. The van der Waals surface area contributed by atoms with E-state index in [2.05, 4.69) is 63.1 Å². The second-order valence-corrected chi connectivity index (χ2v) is 8.97. The van der Waals surface area contributed by atoms with Gasteiger partial charge < -0.3 is 20.9 Å². The monoisotopic (exact) mass is 541 g/mol. The van der Waals surface area contributed by atoms with Crippen LogP contribution in [0, 0.1) is 5.92 Å². The number of halogens is 1. The lowest BCUT2D eigenvalue weighted by molar-refractivity contribution is -0.121. The fourth-order valence-electron chi connectivity index (χ4n) is 5.00. The average Bonchev–Trinajstić information content (AvgIpc) is 3.24. The minimum atomic E-state index is 0. The molecule has 1 aromatic rings. The van der Waals surface area contributed by atoms with E-state index >= 15 is 0 Å². The molecular weight excluding hydrogens is 501 g/mol. The lowest BCUT2D eigenvalue weighted by atomic mass is 9.93. The number of hydrogen-bond acceptors (Lipinski definition) is 3. The lowest BCUT2D eigenvalue weighted by Gasteiger charge is -2.38. The molecule has 7 heteroatoms. The molecule has 1 aliphatic heterocycles. The van der Waals surface area contributed by atoms with Gasteiger partial charge in [-0.15, -0.1) is 24.0 Å². The van der Waals surface area contributed by atoms with Gasteiger partial charge in [0.15, 0.2) is 5.96 Å². The molecule has 1 heterocycles. The maximum atomic E-state index is 11.7. The van der Waals surface area contributed by atoms with Gasteiger partial charge in [-0.3, -0.25) is 9.79 Å². The van der Waals surface area contributed by atoms with Gasteiger partial charge in [-0.1, -0.05) is 43.2 Å². The Kier molecular flexibility index (Phi) is 10.6. The molecule has 1 aromatic carbocycles. The summed E-state index contributed by atoms with van der Waals surface area (Å²) in [6.45, 7) is 5.08. The summed E-state index contributed by atoms with van der Waals surface area (Å²) in [4.78, 5) is 18.6. The predicted octanol–water partition coefficient (Wildman–Crippen LogP) is 3.69. The van der Waals surface area contributed by atoms with Gasteiger partial charge in [0.05, 0.1) is 0 Å². The number of likely N-dealkylation sites (tertiary alicyclic amines) is 1. The highest BCUT2D eigenvalue weighted by molar-refractivity contribution is 14.0. The van der Waals surface area contributed by atoms with E-state index in [1.807, 2.05) is 7.05 Å². The minimum absolute atomic E-state index is 0. The molecule has 1 amide bonds. The van der Waals surface area contributed by atoms with E-state index < -0.39 is 0 Å². The average molecular weight is 542 g/mol. The zero-order valence-electron chi connectivity index (χ0n) is 19.3. The minimum Gasteiger partial charge on any atom is -0.359 e. The third kappa shape index (κ3) is 7.34. The first kappa shape index (κ1) is 25.9. The van der Waals surface area contributed by atoms with Crippen molar-refractivity contribution >= 4 is 35.8 Å². The van der Waals surface area contributed by atoms with Gasteiger partial charge in [-0.25, -0.2) is 0 Å². The van der Waals surface area contributed by atoms with Crippen LogP contribution < -0.4 is 16.0 Å². The van der Waals surface area contributed by atoms with Crippen LogP contribution in [0.25, 0.3) is 0 Å². The smallest absolute Gasteiger partial charge is 0.220 e. The molecule has 2 aliphatic rings. The Labute approximate surface area is 205 Å². The summed E-state index contributed by atoms with van der Waals surface area (Å²) in [5.74, 6) is 1.63. The largest absolute Gasteiger partial charge is 0.359 e. The van der Waals surface area contributed by atoms with Crippen LogP contribution in [-0.2, 0) is 4.79 Å². The van der Waals surface area contributed by atoms with Crippen LogP contribution in [0.5, 0.6) is 0 Å². The Morgan fingerprint density at radius 2 is 1.84 bits per heavy atom. The Morgan fingerprint density at radius 3 is 2.42 bits per heavy atom. The van der Waals surface area contributed by atoms with E-state index in [-0.39, 0.29) is 35.4 Å². The van der Waals surface area contributed by atoms with Gasteiger partial charge in [0.25, 0.3) is 0 Å². The summed E-state index contributed by atoms with van der Waals surface area (Å²) < 4.78 is 0. The molecule has 0 aromatic heterocycles. The molecule has 3 N–H and O–H groups in total. The number of piperidine rings is 1. The van der Waals surface area contributed by atoms with Crippen LogP contribution >= 0.6 is 24.0 Å². The van der Waals surface area contributed by atoms with Crippen molar-refractivity contribution in [3.05, 3.63) is 35.9 Å². The van der Waals surface area contributed by atoms with Crippen molar-refractivity contribution in [3.8, 4) is 0 Å². The zero-order chi connectivity index (χ0) is 21.4. The first-order valence-corrected chi connectivity index (χ1v) is 11.5. The van der Waals surface area contributed by atoms with Crippen molar-refractivity contribution < 1.29 is 4.79 Å². The Balaban J connectivity index is 0.00000341. The number of amides is 1. The highest BCUT2D eigenvalue weighted by atomic mass is 127. The first-order chi connectivity index (χ1) is 14.5. The first-order valence-electron chi connectivity index (χ1n) is 11.5. The van der Waals surface area contributed by atoms with E-state index in [0.29, 0.717) is 18.4 Å². The quantitative estimate of drug-likeness (QED) is 0.280. The van der Waals surface area contributed by atoms with Gasteiger partial charge in [-0.05, 0) is 44.1 Å². The van der Waals surface area contributed by atoms with Crippen molar-refractivity contribution in [2.75, 3.05) is 33.7 Å². The number of nitrogens with zero attached hydrogens (tertiary/aromatic N) is 2. The maximum absolute atomic E-state index is 11.7. The number of benzene rings is 1. The molecule has 1 unspecified atom stereocenters. The van der Waals surface area contributed by atoms with E-state index in [1.165, 1.54) is 31.2 Å². The molecule has 6 nitrogen and oxygen atoms in total. The molecule has 1 saturated carbocycles. The molecular formula is C24H40IN5O. The molecule has 0 radical (unpaired) electrons. The van der Waals surface area contributed by atoms with Crippen LogP contribution in [0.15, 0.2) is 35.3 Å². The van der Waals surface area contributed by atoms with Gasteiger partial charge in [0.1, 0.15) is 0 Å². The third-order valence-electron chi connectivity index (χ3n) is 6.85. The number of hydrogen-bond donors (Lipinski definition) is 3. The Bertz CT molecular complexity index is 697. The van der Waals surface area contributed by atoms with E-state index in [0.717, 1.165) is 38.4 Å². The van der Waals surface area contributed by atoms with Crippen molar-refractivity contribution in [1.29, 1.82) is 0 Å². The van der Waals surface area contributed by atoms with Crippen LogP contribution in [-0.4, -0.2) is 56.0 Å². The summed E-state index contributed by atoms with van der Waals surface area (Å²) >= 11 is 0. The van der Waals surface area contributed by atoms with Crippen LogP contribution in [0.4, 0.5) is 0 Å².